The fraction of sp³-hybridized carbons (Fsp3) is 0.350. The zero-order valence-corrected chi connectivity index (χ0v) is 15.1. The minimum atomic E-state index is -1.11. The molecule has 1 aliphatic heterocycles. The molecule has 1 saturated heterocycles. The predicted molar refractivity (Wildman–Crippen MR) is 97.9 cm³/mol. The summed E-state index contributed by atoms with van der Waals surface area (Å²) in [6, 6.07) is 10.6. The van der Waals surface area contributed by atoms with Crippen LogP contribution >= 0.6 is 0 Å². The summed E-state index contributed by atoms with van der Waals surface area (Å²) in [6.07, 6.45) is 2.91. The predicted octanol–water partition coefficient (Wildman–Crippen LogP) is 2.61. The van der Waals surface area contributed by atoms with Gasteiger partial charge in [-0.05, 0) is 31.0 Å². The van der Waals surface area contributed by atoms with E-state index in [1.54, 1.807) is 12.0 Å². The SMILES string of the molecule is COc1ccccc1COC1CCN(C(=O)c2ccc(C(=O)O)nc2)CC1. The topological polar surface area (TPSA) is 89.0 Å². The molecule has 0 spiro atoms. The Balaban J connectivity index is 1.51. The smallest absolute Gasteiger partial charge is 0.354 e. The molecule has 142 valence electrons. The van der Waals surface area contributed by atoms with Gasteiger partial charge in [0.1, 0.15) is 11.4 Å². The van der Waals surface area contributed by atoms with Crippen molar-refractivity contribution in [2.75, 3.05) is 20.2 Å². The van der Waals surface area contributed by atoms with E-state index >= 15 is 0 Å². The summed E-state index contributed by atoms with van der Waals surface area (Å²) < 4.78 is 11.3. The number of carbonyl (C=O) groups excluding carboxylic acids is 1. The molecule has 1 aromatic carbocycles. The van der Waals surface area contributed by atoms with E-state index in [9.17, 15) is 9.59 Å². The minimum absolute atomic E-state index is 0.0741. The number of hydrogen-bond acceptors (Lipinski definition) is 5. The molecule has 0 aliphatic carbocycles. The molecule has 0 atom stereocenters. The van der Waals surface area contributed by atoms with Gasteiger partial charge in [-0.15, -0.1) is 0 Å². The van der Waals surface area contributed by atoms with Crippen LogP contribution in [0.5, 0.6) is 5.75 Å². The number of methoxy groups -OCH3 is 1. The quantitative estimate of drug-likeness (QED) is 0.841. The van der Waals surface area contributed by atoms with E-state index in [2.05, 4.69) is 4.98 Å². The first-order valence-electron chi connectivity index (χ1n) is 8.80. The molecule has 1 N–H and O–H groups in total. The maximum absolute atomic E-state index is 12.5. The van der Waals surface area contributed by atoms with E-state index < -0.39 is 5.97 Å². The lowest BCUT2D eigenvalue weighted by atomic mass is 10.1. The summed E-state index contributed by atoms with van der Waals surface area (Å²) in [5.74, 6) is -0.438. The Morgan fingerprint density at radius 2 is 1.93 bits per heavy atom. The van der Waals surface area contributed by atoms with Gasteiger partial charge in [-0.25, -0.2) is 9.78 Å². The van der Waals surface area contributed by atoms with Crippen LogP contribution in [0, 0.1) is 0 Å². The summed E-state index contributed by atoms with van der Waals surface area (Å²) in [4.78, 5) is 28.9. The summed E-state index contributed by atoms with van der Waals surface area (Å²) in [6.45, 7) is 1.66. The monoisotopic (exact) mass is 370 g/mol. The third-order valence-electron chi connectivity index (χ3n) is 4.63. The number of nitrogens with zero attached hydrogens (tertiary/aromatic N) is 2. The molecule has 1 aliphatic rings. The van der Waals surface area contributed by atoms with E-state index in [0.29, 0.717) is 25.3 Å². The average molecular weight is 370 g/mol. The number of carboxylic acid groups (broad SMARTS) is 1. The van der Waals surface area contributed by atoms with Crippen LogP contribution in [0.4, 0.5) is 0 Å². The molecule has 7 nitrogen and oxygen atoms in total. The first-order chi connectivity index (χ1) is 13.1. The second-order valence-electron chi connectivity index (χ2n) is 6.35. The lowest BCUT2D eigenvalue weighted by Gasteiger charge is -2.32. The average Bonchev–Trinajstić information content (AvgIpc) is 2.72. The fourth-order valence-electron chi connectivity index (χ4n) is 3.08. The molecular formula is C20H22N2O5. The van der Waals surface area contributed by atoms with E-state index in [1.165, 1.54) is 18.3 Å². The van der Waals surface area contributed by atoms with E-state index in [4.69, 9.17) is 14.6 Å². The number of pyridine rings is 1. The zero-order chi connectivity index (χ0) is 19.2. The second kappa shape index (κ2) is 8.64. The van der Waals surface area contributed by atoms with Gasteiger partial charge in [0.25, 0.3) is 5.91 Å². The highest BCUT2D eigenvalue weighted by Crippen LogP contribution is 2.22. The first kappa shape index (κ1) is 18.8. The number of likely N-dealkylation sites (tertiary alicyclic amines) is 1. The van der Waals surface area contributed by atoms with Crippen LogP contribution in [0.25, 0.3) is 0 Å². The third-order valence-corrected chi connectivity index (χ3v) is 4.63. The van der Waals surface area contributed by atoms with E-state index in [1.807, 2.05) is 24.3 Å². The Labute approximate surface area is 157 Å². The van der Waals surface area contributed by atoms with Crippen LogP contribution in [0.3, 0.4) is 0 Å². The number of aromatic carboxylic acids is 1. The lowest BCUT2D eigenvalue weighted by molar-refractivity contribution is -0.000980. The van der Waals surface area contributed by atoms with Gasteiger partial charge in [0.15, 0.2) is 0 Å². The number of amides is 1. The van der Waals surface area contributed by atoms with Crippen molar-refractivity contribution in [3.8, 4) is 5.75 Å². The molecule has 1 fully saturated rings. The molecule has 27 heavy (non-hydrogen) atoms. The van der Waals surface area contributed by atoms with Crippen molar-refractivity contribution in [3.05, 3.63) is 59.4 Å². The molecule has 1 aromatic heterocycles. The molecule has 0 saturated carbocycles. The van der Waals surface area contributed by atoms with Crippen molar-refractivity contribution >= 4 is 11.9 Å². The highest BCUT2D eigenvalue weighted by molar-refractivity contribution is 5.95. The highest BCUT2D eigenvalue weighted by Gasteiger charge is 2.24. The van der Waals surface area contributed by atoms with Gasteiger partial charge in [0.2, 0.25) is 0 Å². The van der Waals surface area contributed by atoms with Gasteiger partial charge in [-0.3, -0.25) is 4.79 Å². The highest BCUT2D eigenvalue weighted by atomic mass is 16.5. The fourth-order valence-corrected chi connectivity index (χ4v) is 3.08. The molecule has 0 unspecified atom stereocenters. The van der Waals surface area contributed by atoms with Crippen LogP contribution in [-0.2, 0) is 11.3 Å². The maximum atomic E-state index is 12.5. The summed E-state index contributed by atoms with van der Waals surface area (Å²) in [7, 11) is 1.64. The maximum Gasteiger partial charge on any atom is 0.354 e. The van der Waals surface area contributed by atoms with Gasteiger partial charge < -0.3 is 19.5 Å². The molecule has 1 amide bonds. The number of hydrogen-bond donors (Lipinski definition) is 1. The van der Waals surface area contributed by atoms with Crippen molar-refractivity contribution in [2.45, 2.75) is 25.6 Å². The Morgan fingerprint density at radius 1 is 1.19 bits per heavy atom. The zero-order valence-electron chi connectivity index (χ0n) is 15.1. The first-order valence-corrected chi connectivity index (χ1v) is 8.80. The van der Waals surface area contributed by atoms with E-state index in [0.717, 1.165) is 24.2 Å². The summed E-state index contributed by atoms with van der Waals surface area (Å²) >= 11 is 0. The van der Waals surface area contributed by atoms with E-state index in [-0.39, 0.29) is 17.7 Å². The number of aromatic nitrogens is 1. The summed E-state index contributed by atoms with van der Waals surface area (Å²) in [5, 5.41) is 8.88. The summed E-state index contributed by atoms with van der Waals surface area (Å²) in [5.41, 5.74) is 1.33. The number of piperidine rings is 1. The van der Waals surface area contributed by atoms with Crippen molar-refractivity contribution < 1.29 is 24.2 Å². The molecule has 0 bridgehead atoms. The lowest BCUT2D eigenvalue weighted by Crippen LogP contribution is -2.40. The Hall–Kier alpha value is -2.93. The van der Waals surface area contributed by atoms with Crippen LogP contribution in [-0.4, -0.2) is 53.2 Å². The standard InChI is InChI=1S/C20H22N2O5/c1-26-18-5-3-2-4-15(18)13-27-16-8-10-22(11-9-16)19(23)14-6-7-17(20(24)25)21-12-14/h2-7,12,16H,8-11,13H2,1H3,(H,24,25). The second-order valence-corrected chi connectivity index (χ2v) is 6.35. The number of carbonyl (C=O) groups is 2. The molecule has 3 rings (SSSR count). The van der Waals surface area contributed by atoms with Gasteiger partial charge in [-0.1, -0.05) is 18.2 Å². The Bertz CT molecular complexity index is 798. The molecule has 2 heterocycles. The largest absolute Gasteiger partial charge is 0.496 e. The number of ether oxygens (including phenoxy) is 2. The van der Waals surface area contributed by atoms with Gasteiger partial charge in [0, 0.05) is 24.8 Å². The molecule has 7 heteroatoms. The van der Waals surface area contributed by atoms with Crippen molar-refractivity contribution in [2.24, 2.45) is 0 Å². The van der Waals surface area contributed by atoms with Crippen LogP contribution < -0.4 is 4.74 Å². The van der Waals surface area contributed by atoms with Crippen molar-refractivity contribution in [1.29, 1.82) is 0 Å². The normalized spacial score (nSPS) is 14.8. The van der Waals surface area contributed by atoms with Gasteiger partial charge in [0.05, 0.1) is 25.4 Å². The number of rotatable bonds is 6. The van der Waals surface area contributed by atoms with Gasteiger partial charge in [-0.2, -0.15) is 0 Å². The molecule has 2 aromatic rings. The van der Waals surface area contributed by atoms with Gasteiger partial charge >= 0.3 is 5.97 Å². The molecule has 0 radical (unpaired) electrons. The number of benzene rings is 1. The minimum Gasteiger partial charge on any atom is -0.496 e. The van der Waals surface area contributed by atoms with Crippen LogP contribution in [0.2, 0.25) is 0 Å². The van der Waals surface area contributed by atoms with Crippen LogP contribution in [0.1, 0.15) is 39.3 Å². The Morgan fingerprint density at radius 3 is 2.56 bits per heavy atom. The Kier molecular flexibility index (Phi) is 6.03. The molecular weight excluding hydrogens is 348 g/mol. The third kappa shape index (κ3) is 4.62. The number of carboxylic acids is 1. The van der Waals surface area contributed by atoms with Crippen molar-refractivity contribution in [3.63, 3.8) is 0 Å². The number of para-hydroxylation sites is 1. The van der Waals surface area contributed by atoms with Crippen molar-refractivity contribution in [1.82, 2.24) is 9.88 Å². The van der Waals surface area contributed by atoms with Crippen LogP contribution in [0.15, 0.2) is 42.6 Å².